The van der Waals surface area contributed by atoms with Crippen molar-refractivity contribution in [1.82, 2.24) is 0 Å². The molecular formula is C42H33B. The quantitative estimate of drug-likeness (QED) is 0.152. The first-order chi connectivity index (χ1) is 21.3. The molecule has 0 amide bonds. The van der Waals surface area contributed by atoms with E-state index in [1.165, 1.54) is 97.2 Å². The van der Waals surface area contributed by atoms with Gasteiger partial charge in [-0.1, -0.05) is 150 Å². The predicted octanol–water partition coefficient (Wildman–Crippen LogP) is 9.65. The van der Waals surface area contributed by atoms with E-state index in [1.54, 1.807) is 11.0 Å². The van der Waals surface area contributed by atoms with Crippen LogP contribution in [0.25, 0.3) is 48.6 Å². The van der Waals surface area contributed by atoms with Crippen molar-refractivity contribution in [2.45, 2.75) is 32.1 Å². The molecule has 9 rings (SSSR count). The molecule has 1 fully saturated rings. The summed E-state index contributed by atoms with van der Waals surface area (Å²) in [6.07, 6.45) is 6.30. The lowest BCUT2D eigenvalue weighted by Gasteiger charge is -2.37. The second-order valence-corrected chi connectivity index (χ2v) is 12.6. The Morgan fingerprint density at radius 2 is 0.953 bits per heavy atom. The summed E-state index contributed by atoms with van der Waals surface area (Å²) in [7, 11) is 0. The Bertz CT molecular complexity index is 2010. The number of allylic oxidation sites excluding steroid dienone is 1. The van der Waals surface area contributed by atoms with Crippen LogP contribution in [0, 0.1) is 5.92 Å². The SMILES string of the molecule is c1ccc2c(c1)CC1CCCCC1=C2B(c1c2ccccc2cc2ccccc12)c1c2ccccc2cc2ccccc12. The van der Waals surface area contributed by atoms with Crippen molar-refractivity contribution in [3.8, 4) is 0 Å². The minimum Gasteiger partial charge on any atom is -0.0709 e. The topological polar surface area (TPSA) is 0 Å². The van der Waals surface area contributed by atoms with Gasteiger partial charge >= 0.3 is 0 Å². The van der Waals surface area contributed by atoms with Gasteiger partial charge in [-0.15, -0.1) is 0 Å². The fourth-order valence-electron chi connectivity index (χ4n) is 8.56. The van der Waals surface area contributed by atoms with E-state index in [0.717, 1.165) is 0 Å². The first-order valence-corrected chi connectivity index (χ1v) is 16.0. The van der Waals surface area contributed by atoms with E-state index in [9.17, 15) is 0 Å². The molecule has 0 bridgehead atoms. The van der Waals surface area contributed by atoms with Crippen LogP contribution in [0.5, 0.6) is 0 Å². The van der Waals surface area contributed by atoms with Gasteiger partial charge in [0.2, 0.25) is 6.71 Å². The molecule has 0 radical (unpaired) electrons. The van der Waals surface area contributed by atoms with Gasteiger partial charge in [0.25, 0.3) is 0 Å². The fraction of sp³-hybridized carbons (Fsp3) is 0.143. The van der Waals surface area contributed by atoms with Crippen molar-refractivity contribution < 1.29 is 0 Å². The Balaban J connectivity index is 1.53. The van der Waals surface area contributed by atoms with E-state index in [0.29, 0.717) is 5.92 Å². The summed E-state index contributed by atoms with van der Waals surface area (Å²) in [6, 6.07) is 50.5. The molecule has 0 spiro atoms. The maximum absolute atomic E-state index is 2.43. The molecule has 2 aliphatic carbocycles. The highest BCUT2D eigenvalue weighted by Gasteiger charge is 2.38. The zero-order valence-corrected chi connectivity index (χ0v) is 24.4. The number of benzene rings is 7. The van der Waals surface area contributed by atoms with E-state index in [4.69, 9.17) is 0 Å². The van der Waals surface area contributed by atoms with Crippen molar-refractivity contribution in [3.63, 3.8) is 0 Å². The monoisotopic (exact) mass is 548 g/mol. The van der Waals surface area contributed by atoms with Gasteiger partial charge in [0, 0.05) is 0 Å². The van der Waals surface area contributed by atoms with Gasteiger partial charge in [-0.25, -0.2) is 0 Å². The molecule has 0 saturated heterocycles. The lowest BCUT2D eigenvalue weighted by Crippen LogP contribution is -2.47. The normalized spacial score (nSPS) is 16.5. The largest absolute Gasteiger partial charge is 0.245 e. The van der Waals surface area contributed by atoms with Gasteiger partial charge in [-0.05, 0) is 98.0 Å². The van der Waals surface area contributed by atoms with Crippen LogP contribution in [0.2, 0.25) is 0 Å². The average Bonchev–Trinajstić information content (AvgIpc) is 3.07. The molecule has 43 heavy (non-hydrogen) atoms. The Morgan fingerprint density at radius 1 is 0.488 bits per heavy atom. The minimum absolute atomic E-state index is 0.101. The molecule has 1 unspecified atom stereocenters. The molecule has 0 aliphatic heterocycles. The molecule has 7 aromatic rings. The fourth-order valence-corrected chi connectivity index (χ4v) is 8.56. The number of hydrogen-bond acceptors (Lipinski definition) is 0. The van der Waals surface area contributed by atoms with Crippen molar-refractivity contribution in [3.05, 3.63) is 150 Å². The number of fused-ring (bicyclic) bond motifs is 6. The van der Waals surface area contributed by atoms with Crippen LogP contribution in [-0.4, -0.2) is 6.71 Å². The molecule has 1 atom stereocenters. The summed E-state index contributed by atoms with van der Waals surface area (Å²) in [5, 5.41) is 10.7. The van der Waals surface area contributed by atoms with E-state index < -0.39 is 0 Å². The second-order valence-electron chi connectivity index (χ2n) is 12.6. The Hall–Kier alpha value is -4.62. The van der Waals surface area contributed by atoms with Gasteiger partial charge in [0.1, 0.15) is 0 Å². The smallest absolute Gasteiger partial charge is 0.0709 e. The molecule has 204 valence electrons. The van der Waals surface area contributed by atoms with Crippen LogP contribution in [0.3, 0.4) is 0 Å². The van der Waals surface area contributed by atoms with E-state index in [1.807, 2.05) is 0 Å². The predicted molar refractivity (Wildman–Crippen MR) is 187 cm³/mol. The summed E-state index contributed by atoms with van der Waals surface area (Å²) in [5.74, 6) is 0.628. The van der Waals surface area contributed by atoms with Gasteiger partial charge in [0.15, 0.2) is 0 Å². The van der Waals surface area contributed by atoms with Crippen LogP contribution >= 0.6 is 0 Å². The molecule has 0 heterocycles. The Labute approximate surface area is 253 Å². The molecule has 0 aromatic heterocycles. The third kappa shape index (κ3) is 3.91. The van der Waals surface area contributed by atoms with Crippen LogP contribution in [0.1, 0.15) is 36.8 Å². The zero-order chi connectivity index (χ0) is 28.3. The number of hydrogen-bond donors (Lipinski definition) is 0. The maximum atomic E-state index is 2.43. The van der Waals surface area contributed by atoms with Crippen LogP contribution in [0.4, 0.5) is 0 Å². The molecule has 0 nitrogen and oxygen atoms in total. The number of rotatable bonds is 3. The molecule has 1 saturated carbocycles. The summed E-state index contributed by atoms with van der Waals surface area (Å²) >= 11 is 0. The molecule has 7 aromatic carbocycles. The molecule has 2 aliphatic rings. The summed E-state index contributed by atoms with van der Waals surface area (Å²) < 4.78 is 0. The second kappa shape index (κ2) is 9.99. The lowest BCUT2D eigenvalue weighted by molar-refractivity contribution is 0.449. The summed E-state index contributed by atoms with van der Waals surface area (Å²) in [5.41, 5.74) is 9.19. The van der Waals surface area contributed by atoms with Crippen molar-refractivity contribution in [2.24, 2.45) is 5.92 Å². The third-order valence-electron chi connectivity index (χ3n) is 10.4. The highest BCUT2D eigenvalue weighted by atomic mass is 14.3. The zero-order valence-electron chi connectivity index (χ0n) is 24.4. The Morgan fingerprint density at radius 3 is 1.49 bits per heavy atom. The van der Waals surface area contributed by atoms with Crippen molar-refractivity contribution in [1.29, 1.82) is 0 Å². The van der Waals surface area contributed by atoms with E-state index in [2.05, 4.69) is 133 Å². The van der Waals surface area contributed by atoms with Gasteiger partial charge in [-0.3, -0.25) is 0 Å². The Kier molecular flexibility index (Phi) is 5.79. The van der Waals surface area contributed by atoms with E-state index in [-0.39, 0.29) is 6.71 Å². The van der Waals surface area contributed by atoms with Gasteiger partial charge in [0.05, 0.1) is 0 Å². The van der Waals surface area contributed by atoms with Crippen molar-refractivity contribution >= 4 is 66.2 Å². The first kappa shape index (κ1) is 24.9. The average molecular weight is 549 g/mol. The highest BCUT2D eigenvalue weighted by molar-refractivity contribution is 7.04. The van der Waals surface area contributed by atoms with Crippen molar-refractivity contribution in [2.75, 3.05) is 0 Å². The lowest BCUT2D eigenvalue weighted by atomic mass is 9.31. The molecule has 0 N–H and O–H groups in total. The highest BCUT2D eigenvalue weighted by Crippen LogP contribution is 2.44. The van der Waals surface area contributed by atoms with Gasteiger partial charge < -0.3 is 0 Å². The summed E-state index contributed by atoms with van der Waals surface area (Å²) in [4.78, 5) is 0. The minimum atomic E-state index is 0.101. The standard InChI is InChI=1S/C42H33B/c1-7-19-34-28(13-1)25-29-14-2-8-20-35(29)40(34)43(41-36-21-9-3-15-30(36)26-31-16-4-10-22-37(31)41)42-38-23-11-5-17-32(38)27-33-18-6-12-24-39(33)42/h1-5,7-11,13-17,19-23,25-26,33H,6,12,18,24,27H2. The van der Waals surface area contributed by atoms with Crippen LogP contribution in [-0.2, 0) is 6.42 Å². The van der Waals surface area contributed by atoms with Gasteiger partial charge in [-0.2, -0.15) is 0 Å². The molecular weight excluding hydrogens is 515 g/mol. The van der Waals surface area contributed by atoms with Crippen LogP contribution < -0.4 is 10.9 Å². The first-order valence-electron chi connectivity index (χ1n) is 16.0. The molecule has 1 heteroatoms. The third-order valence-corrected chi connectivity index (χ3v) is 10.4. The maximum Gasteiger partial charge on any atom is 0.245 e. The van der Waals surface area contributed by atoms with E-state index >= 15 is 0 Å². The van der Waals surface area contributed by atoms with Crippen LogP contribution in [0.15, 0.2) is 139 Å². The summed E-state index contributed by atoms with van der Waals surface area (Å²) in [6.45, 7) is 0.101.